The summed E-state index contributed by atoms with van der Waals surface area (Å²) < 4.78 is 27.4. The number of hydrogen-bond acceptors (Lipinski definition) is 6. The Morgan fingerprint density at radius 1 is 1.21 bits per heavy atom. The van der Waals surface area contributed by atoms with E-state index >= 15 is 0 Å². The lowest BCUT2D eigenvalue weighted by molar-refractivity contribution is -0.131. The van der Waals surface area contributed by atoms with E-state index in [0.29, 0.717) is 6.42 Å². The maximum atomic E-state index is 13.0. The van der Waals surface area contributed by atoms with Crippen LogP contribution in [0.1, 0.15) is 52.4 Å². The molecule has 0 aliphatic heterocycles. The van der Waals surface area contributed by atoms with E-state index in [0.717, 1.165) is 37.0 Å². The minimum atomic E-state index is -4.06. The van der Waals surface area contributed by atoms with Crippen LogP contribution in [-0.2, 0) is 14.8 Å². The van der Waals surface area contributed by atoms with Crippen LogP contribution in [0.25, 0.3) is 0 Å². The second-order valence-corrected chi connectivity index (χ2v) is 11.6. The molecule has 9 nitrogen and oxygen atoms in total. The molecule has 192 valence electrons. The van der Waals surface area contributed by atoms with E-state index in [1.165, 1.54) is 18.2 Å². The number of nitrogens with one attached hydrogen (secondary N) is 2. The number of aliphatic hydroxyl groups excluding tert-OH is 1. The monoisotopic (exact) mass is 536 g/mol. The predicted molar refractivity (Wildman–Crippen MR) is 132 cm³/mol. The Bertz CT molecular complexity index is 955. The number of benzene rings is 1. The zero-order valence-corrected chi connectivity index (χ0v) is 21.8. The van der Waals surface area contributed by atoms with Crippen LogP contribution in [0.3, 0.4) is 0 Å². The largest absolute Gasteiger partial charge is 0.390 e. The van der Waals surface area contributed by atoms with Gasteiger partial charge in [0, 0.05) is 17.6 Å². The molecule has 0 saturated heterocycles. The van der Waals surface area contributed by atoms with Gasteiger partial charge in [0.2, 0.25) is 15.9 Å². The van der Waals surface area contributed by atoms with Crippen LogP contribution in [0, 0.1) is 5.92 Å². The number of hydrogen-bond donors (Lipinski definition) is 4. The number of sulfonamides is 1. The molecule has 1 aromatic rings. The Hall–Kier alpha value is -1.43. The quantitative estimate of drug-likeness (QED) is 0.362. The van der Waals surface area contributed by atoms with Crippen molar-refractivity contribution in [2.75, 3.05) is 13.1 Å². The van der Waals surface area contributed by atoms with Crippen LogP contribution < -0.4 is 15.8 Å². The molecule has 2 atom stereocenters. The van der Waals surface area contributed by atoms with Crippen LogP contribution in [-0.4, -0.2) is 61.6 Å². The third kappa shape index (κ3) is 8.66. The van der Waals surface area contributed by atoms with Crippen LogP contribution in [0.15, 0.2) is 23.1 Å². The summed E-state index contributed by atoms with van der Waals surface area (Å²) in [6, 6.07) is 2.30. The first-order valence-electron chi connectivity index (χ1n) is 11.4. The third-order valence-corrected chi connectivity index (χ3v) is 7.71. The van der Waals surface area contributed by atoms with Gasteiger partial charge < -0.3 is 16.2 Å². The Kier molecular flexibility index (Phi) is 11.0. The lowest BCUT2D eigenvalue weighted by Crippen LogP contribution is -2.55. The van der Waals surface area contributed by atoms with Crippen LogP contribution >= 0.6 is 23.2 Å². The number of nitrogens with zero attached hydrogens (tertiary/aromatic N) is 1. The van der Waals surface area contributed by atoms with Crippen molar-refractivity contribution in [2.24, 2.45) is 11.7 Å². The van der Waals surface area contributed by atoms with Gasteiger partial charge in [-0.3, -0.25) is 9.69 Å². The minimum absolute atomic E-state index is 0.0550. The molecule has 2 rings (SSSR count). The summed E-state index contributed by atoms with van der Waals surface area (Å²) in [5, 5.41) is 13.6. The van der Waals surface area contributed by atoms with Gasteiger partial charge in [0.15, 0.2) is 0 Å². The zero-order chi connectivity index (χ0) is 25.5. The second kappa shape index (κ2) is 13.0. The molecule has 1 aromatic carbocycles. The Morgan fingerprint density at radius 3 is 2.44 bits per heavy atom. The van der Waals surface area contributed by atoms with E-state index in [4.69, 9.17) is 28.9 Å². The average Bonchev–Trinajstić information content (AvgIpc) is 2.75. The molecular formula is C22H34Cl2N4O5S. The Morgan fingerprint density at radius 2 is 1.85 bits per heavy atom. The molecule has 0 heterocycles. The van der Waals surface area contributed by atoms with E-state index in [2.05, 4.69) is 10.0 Å². The number of urea groups is 1. The predicted octanol–water partition coefficient (Wildman–Crippen LogP) is 2.88. The van der Waals surface area contributed by atoms with Crippen molar-refractivity contribution in [1.29, 1.82) is 0 Å². The molecule has 0 radical (unpaired) electrons. The Balaban J connectivity index is 2.08. The van der Waals surface area contributed by atoms with Gasteiger partial charge in [0.25, 0.3) is 0 Å². The summed E-state index contributed by atoms with van der Waals surface area (Å²) in [7, 11) is -4.06. The van der Waals surface area contributed by atoms with E-state index in [9.17, 15) is 23.1 Å². The summed E-state index contributed by atoms with van der Waals surface area (Å²) in [6.07, 6.45) is 3.71. The molecule has 1 aliphatic rings. The number of imide groups is 1. The third-order valence-electron chi connectivity index (χ3n) is 5.57. The minimum Gasteiger partial charge on any atom is -0.390 e. The van der Waals surface area contributed by atoms with Gasteiger partial charge in [-0.1, -0.05) is 56.3 Å². The average molecular weight is 538 g/mol. The molecule has 1 aliphatic carbocycles. The van der Waals surface area contributed by atoms with Gasteiger partial charge in [-0.25, -0.2) is 17.9 Å². The maximum absolute atomic E-state index is 13.0. The highest BCUT2D eigenvalue weighted by molar-refractivity contribution is 7.89. The van der Waals surface area contributed by atoms with Gasteiger partial charge in [-0.2, -0.15) is 0 Å². The molecule has 0 aromatic heterocycles. The van der Waals surface area contributed by atoms with Gasteiger partial charge in [0.05, 0.1) is 23.7 Å². The van der Waals surface area contributed by atoms with E-state index < -0.39 is 47.2 Å². The highest BCUT2D eigenvalue weighted by Gasteiger charge is 2.31. The lowest BCUT2D eigenvalue weighted by atomic mass is 9.96. The number of amides is 3. The van der Waals surface area contributed by atoms with Crippen molar-refractivity contribution in [3.8, 4) is 0 Å². The van der Waals surface area contributed by atoms with Gasteiger partial charge in [-0.05, 0) is 43.4 Å². The summed E-state index contributed by atoms with van der Waals surface area (Å²) in [6.45, 7) is 2.96. The fourth-order valence-corrected chi connectivity index (χ4v) is 5.68. The van der Waals surface area contributed by atoms with Crippen molar-refractivity contribution in [2.45, 2.75) is 75.5 Å². The van der Waals surface area contributed by atoms with Gasteiger partial charge in [-0.15, -0.1) is 0 Å². The fourth-order valence-electron chi connectivity index (χ4n) is 3.83. The summed E-state index contributed by atoms with van der Waals surface area (Å²) in [5.41, 5.74) is 6.02. The molecule has 34 heavy (non-hydrogen) atoms. The number of aliphatic hydroxyl groups is 1. The zero-order valence-electron chi connectivity index (χ0n) is 19.5. The van der Waals surface area contributed by atoms with Gasteiger partial charge >= 0.3 is 6.03 Å². The SMILES string of the molecule is CC(C)C[C@H](N)C(=O)N(C[C@@H](O)CNS(=O)(=O)c1ccc(Cl)cc1Cl)C(=O)NC1CCCCC1. The topological polar surface area (TPSA) is 142 Å². The summed E-state index contributed by atoms with van der Waals surface area (Å²) in [5.74, 6) is -0.493. The molecule has 0 spiro atoms. The van der Waals surface area contributed by atoms with Crippen molar-refractivity contribution >= 4 is 45.2 Å². The van der Waals surface area contributed by atoms with Crippen molar-refractivity contribution in [3.05, 3.63) is 28.2 Å². The second-order valence-electron chi connectivity index (χ2n) is 9.05. The first-order valence-corrected chi connectivity index (χ1v) is 13.6. The molecule has 0 unspecified atom stereocenters. The summed E-state index contributed by atoms with van der Waals surface area (Å²) >= 11 is 11.8. The molecule has 12 heteroatoms. The normalized spacial score (nSPS) is 16.8. The molecular weight excluding hydrogens is 503 g/mol. The number of nitrogens with two attached hydrogens (primary N) is 1. The van der Waals surface area contributed by atoms with E-state index in [1.807, 2.05) is 13.8 Å². The van der Waals surface area contributed by atoms with E-state index in [1.54, 1.807) is 0 Å². The fraction of sp³-hybridized carbons (Fsp3) is 0.636. The van der Waals surface area contributed by atoms with Crippen LogP contribution in [0.4, 0.5) is 4.79 Å². The lowest BCUT2D eigenvalue weighted by Gasteiger charge is -2.30. The van der Waals surface area contributed by atoms with Gasteiger partial charge in [0.1, 0.15) is 4.90 Å². The molecule has 3 amide bonds. The summed E-state index contributed by atoms with van der Waals surface area (Å²) in [4.78, 5) is 26.6. The van der Waals surface area contributed by atoms with Crippen LogP contribution in [0.5, 0.6) is 0 Å². The number of rotatable bonds is 10. The highest BCUT2D eigenvalue weighted by Crippen LogP contribution is 2.24. The number of carbonyl (C=O) groups is 2. The van der Waals surface area contributed by atoms with Crippen molar-refractivity contribution < 1.29 is 23.1 Å². The molecule has 5 N–H and O–H groups in total. The van der Waals surface area contributed by atoms with Crippen LogP contribution in [0.2, 0.25) is 10.0 Å². The first kappa shape index (κ1) is 28.8. The standard InChI is InChI=1S/C22H34Cl2N4O5S/c1-14(2)10-19(25)21(30)28(22(31)27-16-6-4-3-5-7-16)13-17(29)12-26-34(32,33)20-9-8-15(23)11-18(20)24/h8-9,11,14,16-17,19,26,29H,3-7,10,12-13,25H2,1-2H3,(H,27,31)/t17-,19-/m0/s1. The highest BCUT2D eigenvalue weighted by atomic mass is 35.5. The first-order chi connectivity index (χ1) is 15.9. The molecule has 1 saturated carbocycles. The smallest absolute Gasteiger partial charge is 0.324 e. The molecule has 1 fully saturated rings. The maximum Gasteiger partial charge on any atom is 0.324 e. The number of carbonyl (C=O) groups excluding carboxylic acids is 2. The Labute approximate surface area is 211 Å². The number of halogens is 2. The molecule has 0 bridgehead atoms. The van der Waals surface area contributed by atoms with Crippen molar-refractivity contribution in [1.82, 2.24) is 14.9 Å². The van der Waals surface area contributed by atoms with Crippen molar-refractivity contribution in [3.63, 3.8) is 0 Å². The van der Waals surface area contributed by atoms with E-state index in [-0.39, 0.29) is 26.9 Å².